The molecule has 2 aromatic carbocycles. The van der Waals surface area contributed by atoms with E-state index in [4.69, 9.17) is 4.98 Å². The molecule has 0 aliphatic carbocycles. The van der Waals surface area contributed by atoms with Crippen molar-refractivity contribution in [2.75, 3.05) is 0 Å². The number of pyridine rings is 2. The minimum Gasteiger partial charge on any atom is -0.367 e. The minimum atomic E-state index is -0.0528. The molecular weight excluding hydrogens is 396 g/mol. The van der Waals surface area contributed by atoms with Crippen molar-refractivity contribution in [2.45, 2.75) is 19.8 Å². The van der Waals surface area contributed by atoms with Crippen molar-refractivity contribution in [1.29, 1.82) is 0 Å². The molecule has 158 valence electrons. The van der Waals surface area contributed by atoms with Gasteiger partial charge in [-0.1, -0.05) is 38.1 Å². The zero-order valence-electron chi connectivity index (χ0n) is 18.3. The molecule has 0 saturated carbocycles. The van der Waals surface area contributed by atoms with Crippen molar-refractivity contribution >= 4 is 11.0 Å². The molecule has 0 spiro atoms. The number of para-hydroxylation sites is 1. The summed E-state index contributed by atoms with van der Waals surface area (Å²) in [5.41, 5.74) is 7.77. The Hall–Kier alpha value is -3.99. The van der Waals surface area contributed by atoms with Crippen LogP contribution in [-0.2, 0) is 7.05 Å². The smallest absolute Gasteiger partial charge is 0.192 e. The zero-order valence-corrected chi connectivity index (χ0v) is 18.3. The summed E-state index contributed by atoms with van der Waals surface area (Å²) in [6, 6.07) is 20.3. The van der Waals surface area contributed by atoms with Crippen molar-refractivity contribution in [2.24, 2.45) is 7.05 Å². The third kappa shape index (κ3) is 3.42. The van der Waals surface area contributed by atoms with E-state index in [0.29, 0.717) is 17.3 Å². The number of aromatic amines is 1. The molecule has 3 aromatic heterocycles. The molecule has 5 rings (SSSR count). The van der Waals surface area contributed by atoms with Gasteiger partial charge in [0, 0.05) is 42.8 Å². The standard InChI is InChI=1S/C27H24N4O/c1-17(2)18-13-19(15-20(14-18)23-8-4-5-11-29-23)21-7-6-9-24-26(21)30-27(31(24)3)22-16-28-12-10-25(22)32/h4-17H,1-3H3,(H,28,32). The Bertz CT molecular complexity index is 1480. The molecule has 5 nitrogen and oxygen atoms in total. The Balaban J connectivity index is 1.75. The summed E-state index contributed by atoms with van der Waals surface area (Å²) in [5, 5.41) is 0. The maximum absolute atomic E-state index is 12.4. The van der Waals surface area contributed by atoms with Gasteiger partial charge in [-0.15, -0.1) is 0 Å². The monoisotopic (exact) mass is 420 g/mol. The molecule has 0 aliphatic rings. The van der Waals surface area contributed by atoms with E-state index >= 15 is 0 Å². The SMILES string of the molecule is CC(C)c1cc(-c2ccccn2)cc(-c2cccc3c2nc(-c2c[nH]ccc2=O)n3C)c1. The summed E-state index contributed by atoms with van der Waals surface area (Å²) in [4.78, 5) is 24.9. The van der Waals surface area contributed by atoms with Gasteiger partial charge in [0.2, 0.25) is 0 Å². The van der Waals surface area contributed by atoms with Crippen LogP contribution >= 0.6 is 0 Å². The van der Waals surface area contributed by atoms with Gasteiger partial charge in [0.15, 0.2) is 5.43 Å². The number of imidazole rings is 1. The Morgan fingerprint density at radius 1 is 0.938 bits per heavy atom. The summed E-state index contributed by atoms with van der Waals surface area (Å²) >= 11 is 0. The van der Waals surface area contributed by atoms with E-state index in [1.165, 1.54) is 11.6 Å². The van der Waals surface area contributed by atoms with Crippen LogP contribution in [0.25, 0.3) is 44.8 Å². The first-order valence-corrected chi connectivity index (χ1v) is 10.7. The van der Waals surface area contributed by atoms with Crippen molar-refractivity contribution in [3.63, 3.8) is 0 Å². The van der Waals surface area contributed by atoms with E-state index in [0.717, 1.165) is 33.4 Å². The average molecular weight is 421 g/mol. The van der Waals surface area contributed by atoms with Crippen LogP contribution in [0.4, 0.5) is 0 Å². The first-order valence-electron chi connectivity index (χ1n) is 10.7. The van der Waals surface area contributed by atoms with Gasteiger partial charge in [-0.25, -0.2) is 4.98 Å². The highest BCUT2D eigenvalue weighted by Gasteiger charge is 2.17. The summed E-state index contributed by atoms with van der Waals surface area (Å²) in [5.74, 6) is 1.03. The van der Waals surface area contributed by atoms with E-state index in [1.54, 1.807) is 12.4 Å². The molecule has 0 fully saturated rings. The fourth-order valence-corrected chi connectivity index (χ4v) is 4.10. The lowest BCUT2D eigenvalue weighted by Gasteiger charge is -2.13. The number of fused-ring (bicyclic) bond motifs is 1. The zero-order chi connectivity index (χ0) is 22.2. The molecule has 0 saturated heterocycles. The van der Waals surface area contributed by atoms with Gasteiger partial charge in [-0.05, 0) is 47.4 Å². The first kappa shape index (κ1) is 19.9. The highest BCUT2D eigenvalue weighted by molar-refractivity contribution is 5.95. The number of nitrogens with one attached hydrogen (secondary N) is 1. The average Bonchev–Trinajstić information content (AvgIpc) is 3.16. The summed E-state index contributed by atoms with van der Waals surface area (Å²) < 4.78 is 1.98. The number of aromatic nitrogens is 4. The second kappa shape index (κ2) is 7.93. The van der Waals surface area contributed by atoms with Crippen LogP contribution in [0.15, 0.2) is 84.0 Å². The number of aryl methyl sites for hydroxylation is 1. The van der Waals surface area contributed by atoms with Crippen LogP contribution in [-0.4, -0.2) is 19.5 Å². The molecule has 3 heterocycles. The third-order valence-corrected chi connectivity index (χ3v) is 5.87. The summed E-state index contributed by atoms with van der Waals surface area (Å²) in [7, 11) is 1.95. The largest absolute Gasteiger partial charge is 0.367 e. The number of H-pyrrole nitrogens is 1. The minimum absolute atomic E-state index is 0.0528. The Morgan fingerprint density at radius 2 is 1.78 bits per heavy atom. The third-order valence-electron chi connectivity index (χ3n) is 5.87. The number of hydrogen-bond acceptors (Lipinski definition) is 3. The molecular formula is C27H24N4O. The highest BCUT2D eigenvalue weighted by Crippen LogP contribution is 2.35. The van der Waals surface area contributed by atoms with Crippen molar-refractivity contribution in [3.8, 4) is 33.8 Å². The molecule has 0 amide bonds. The second-order valence-electron chi connectivity index (χ2n) is 8.30. The maximum Gasteiger partial charge on any atom is 0.192 e. The Labute approximate surface area is 186 Å². The quantitative estimate of drug-likeness (QED) is 0.401. The van der Waals surface area contributed by atoms with Crippen LogP contribution < -0.4 is 5.43 Å². The van der Waals surface area contributed by atoms with Crippen molar-refractivity contribution in [1.82, 2.24) is 19.5 Å². The van der Waals surface area contributed by atoms with Gasteiger partial charge in [-0.2, -0.15) is 0 Å². The van der Waals surface area contributed by atoms with E-state index in [1.807, 2.05) is 48.1 Å². The van der Waals surface area contributed by atoms with Crippen LogP contribution in [0, 0.1) is 0 Å². The second-order valence-corrected chi connectivity index (χ2v) is 8.30. The Kier molecular flexibility index (Phi) is 4.94. The molecule has 5 aromatic rings. The van der Waals surface area contributed by atoms with Gasteiger partial charge >= 0.3 is 0 Å². The number of benzene rings is 2. The van der Waals surface area contributed by atoms with E-state index in [-0.39, 0.29) is 5.43 Å². The van der Waals surface area contributed by atoms with Crippen LogP contribution in [0.2, 0.25) is 0 Å². The summed E-state index contributed by atoms with van der Waals surface area (Å²) in [6.45, 7) is 4.39. The van der Waals surface area contributed by atoms with E-state index in [2.05, 4.69) is 48.1 Å². The van der Waals surface area contributed by atoms with Crippen LogP contribution in [0.1, 0.15) is 25.3 Å². The van der Waals surface area contributed by atoms with Gasteiger partial charge in [0.25, 0.3) is 0 Å². The fraction of sp³-hybridized carbons (Fsp3) is 0.148. The lowest BCUT2D eigenvalue weighted by Crippen LogP contribution is -2.06. The van der Waals surface area contributed by atoms with Crippen LogP contribution in [0.5, 0.6) is 0 Å². The van der Waals surface area contributed by atoms with Crippen molar-refractivity contribution < 1.29 is 0 Å². The van der Waals surface area contributed by atoms with Gasteiger partial charge in [0.1, 0.15) is 5.82 Å². The van der Waals surface area contributed by atoms with E-state index < -0.39 is 0 Å². The lowest BCUT2D eigenvalue weighted by molar-refractivity contribution is 0.867. The number of rotatable bonds is 4. The fourth-order valence-electron chi connectivity index (χ4n) is 4.10. The topological polar surface area (TPSA) is 63.6 Å². The normalized spacial score (nSPS) is 11.4. The van der Waals surface area contributed by atoms with E-state index in [9.17, 15) is 4.79 Å². The number of hydrogen-bond donors (Lipinski definition) is 1. The molecule has 32 heavy (non-hydrogen) atoms. The first-order chi connectivity index (χ1) is 15.5. The molecule has 0 unspecified atom stereocenters. The molecule has 0 aliphatic heterocycles. The Morgan fingerprint density at radius 3 is 2.53 bits per heavy atom. The van der Waals surface area contributed by atoms with Crippen LogP contribution in [0.3, 0.4) is 0 Å². The number of nitrogens with zero attached hydrogens (tertiary/aromatic N) is 3. The lowest BCUT2D eigenvalue weighted by atomic mass is 9.93. The van der Waals surface area contributed by atoms with Gasteiger partial charge in [-0.3, -0.25) is 9.78 Å². The molecule has 1 N–H and O–H groups in total. The highest BCUT2D eigenvalue weighted by atomic mass is 16.1. The maximum atomic E-state index is 12.4. The molecule has 5 heteroatoms. The van der Waals surface area contributed by atoms with Gasteiger partial charge < -0.3 is 9.55 Å². The predicted molar refractivity (Wildman–Crippen MR) is 130 cm³/mol. The molecule has 0 atom stereocenters. The predicted octanol–water partition coefficient (Wildman–Crippen LogP) is 5.78. The van der Waals surface area contributed by atoms with Gasteiger partial charge in [0.05, 0.1) is 22.3 Å². The van der Waals surface area contributed by atoms with Crippen molar-refractivity contribution in [3.05, 3.63) is 95.0 Å². The summed E-state index contributed by atoms with van der Waals surface area (Å²) in [6.07, 6.45) is 5.17. The molecule has 0 bridgehead atoms. The molecule has 0 radical (unpaired) electrons.